The molecule has 1 atom stereocenters. The molecule has 106 valence electrons. The lowest BCUT2D eigenvalue weighted by Gasteiger charge is -2.32. The van der Waals surface area contributed by atoms with Crippen molar-refractivity contribution in [2.45, 2.75) is 50.5 Å². The zero-order valence-electron chi connectivity index (χ0n) is 11.4. The third-order valence-electron chi connectivity index (χ3n) is 3.73. The minimum absolute atomic E-state index is 0.104. The van der Waals surface area contributed by atoms with Gasteiger partial charge in [-0.2, -0.15) is 4.31 Å². The largest absolute Gasteiger partial charge is 0.243 e. The van der Waals surface area contributed by atoms with Crippen LogP contribution >= 0.6 is 15.9 Å². The summed E-state index contributed by atoms with van der Waals surface area (Å²) in [4.78, 5) is 0.465. The molecule has 1 aromatic carbocycles. The van der Waals surface area contributed by atoms with Crippen LogP contribution in [-0.2, 0) is 16.4 Å². The van der Waals surface area contributed by atoms with Crippen LogP contribution < -0.4 is 0 Å². The van der Waals surface area contributed by atoms with E-state index in [9.17, 15) is 8.42 Å². The molecular weight excluding hydrogens is 326 g/mol. The summed E-state index contributed by atoms with van der Waals surface area (Å²) >= 11 is 3.40. The molecule has 3 nitrogen and oxygen atoms in total. The Balaban J connectivity index is 2.44. The first-order valence-electron chi connectivity index (χ1n) is 6.77. The SMILES string of the molecule is CCc1cc(Br)ccc1S(=O)(=O)N1CCCCC1C. The molecule has 0 amide bonds. The Morgan fingerprint density at radius 3 is 2.74 bits per heavy atom. The van der Waals surface area contributed by atoms with E-state index in [1.807, 2.05) is 19.9 Å². The number of rotatable bonds is 3. The Labute approximate surface area is 124 Å². The summed E-state index contributed by atoms with van der Waals surface area (Å²) in [6.45, 7) is 4.63. The number of aryl methyl sites for hydroxylation is 1. The predicted octanol–water partition coefficient (Wildman–Crippen LogP) is 3.57. The van der Waals surface area contributed by atoms with E-state index in [4.69, 9.17) is 0 Å². The maximum Gasteiger partial charge on any atom is 0.243 e. The second-order valence-corrected chi connectivity index (χ2v) is 7.84. The van der Waals surface area contributed by atoms with Gasteiger partial charge in [0.25, 0.3) is 0 Å². The van der Waals surface area contributed by atoms with Crippen LogP contribution in [-0.4, -0.2) is 25.3 Å². The van der Waals surface area contributed by atoms with Gasteiger partial charge in [-0.05, 0) is 49.9 Å². The first kappa shape index (κ1) is 15.0. The zero-order valence-corrected chi connectivity index (χ0v) is 13.8. The first-order chi connectivity index (χ1) is 8.96. The van der Waals surface area contributed by atoms with Gasteiger partial charge in [0.15, 0.2) is 0 Å². The molecule has 0 bridgehead atoms. The van der Waals surface area contributed by atoms with Crippen LogP contribution in [0.25, 0.3) is 0 Å². The molecule has 1 unspecified atom stereocenters. The molecule has 0 aromatic heterocycles. The molecule has 0 spiro atoms. The minimum Gasteiger partial charge on any atom is -0.207 e. The van der Waals surface area contributed by atoms with Crippen molar-refractivity contribution < 1.29 is 8.42 Å². The molecule has 0 N–H and O–H groups in total. The van der Waals surface area contributed by atoms with Crippen molar-refractivity contribution in [1.29, 1.82) is 0 Å². The number of benzene rings is 1. The summed E-state index contributed by atoms with van der Waals surface area (Å²) in [5.41, 5.74) is 0.882. The molecule has 0 radical (unpaired) electrons. The van der Waals surface area contributed by atoms with E-state index in [0.717, 1.165) is 35.7 Å². The average molecular weight is 346 g/mol. The van der Waals surface area contributed by atoms with Crippen LogP contribution in [0.5, 0.6) is 0 Å². The zero-order chi connectivity index (χ0) is 14.0. The third kappa shape index (κ3) is 3.03. The van der Waals surface area contributed by atoms with Gasteiger partial charge in [-0.15, -0.1) is 0 Å². The van der Waals surface area contributed by atoms with Gasteiger partial charge in [0.2, 0.25) is 10.0 Å². The molecule has 0 saturated carbocycles. The molecule has 1 aliphatic rings. The van der Waals surface area contributed by atoms with E-state index in [0.29, 0.717) is 11.4 Å². The second-order valence-electron chi connectivity index (χ2n) is 5.07. The van der Waals surface area contributed by atoms with Gasteiger partial charge < -0.3 is 0 Å². The molecule has 1 aromatic rings. The van der Waals surface area contributed by atoms with E-state index in [1.165, 1.54) is 0 Å². The molecule has 19 heavy (non-hydrogen) atoms. The number of halogens is 1. The van der Waals surface area contributed by atoms with E-state index in [-0.39, 0.29) is 6.04 Å². The summed E-state index contributed by atoms with van der Waals surface area (Å²) in [5, 5.41) is 0. The van der Waals surface area contributed by atoms with Crippen LogP contribution in [0.2, 0.25) is 0 Å². The fourth-order valence-electron chi connectivity index (χ4n) is 2.63. The Kier molecular flexibility index (Phi) is 4.69. The Bertz CT molecular complexity index is 557. The predicted molar refractivity (Wildman–Crippen MR) is 80.7 cm³/mol. The summed E-state index contributed by atoms with van der Waals surface area (Å²) in [7, 11) is -3.36. The van der Waals surface area contributed by atoms with Crippen LogP contribution in [0, 0.1) is 0 Å². The lowest BCUT2D eigenvalue weighted by molar-refractivity contribution is 0.268. The lowest BCUT2D eigenvalue weighted by atomic mass is 10.1. The van der Waals surface area contributed by atoms with E-state index in [2.05, 4.69) is 15.9 Å². The van der Waals surface area contributed by atoms with Crippen molar-refractivity contribution in [2.75, 3.05) is 6.54 Å². The van der Waals surface area contributed by atoms with Crippen LogP contribution in [0.15, 0.2) is 27.6 Å². The highest BCUT2D eigenvalue weighted by molar-refractivity contribution is 9.10. The number of sulfonamides is 1. The van der Waals surface area contributed by atoms with Crippen LogP contribution in [0.4, 0.5) is 0 Å². The molecule has 1 fully saturated rings. The summed E-state index contributed by atoms with van der Waals surface area (Å²) < 4.78 is 28.2. The Morgan fingerprint density at radius 1 is 1.37 bits per heavy atom. The number of nitrogens with zero attached hydrogens (tertiary/aromatic N) is 1. The monoisotopic (exact) mass is 345 g/mol. The molecule has 1 saturated heterocycles. The first-order valence-corrected chi connectivity index (χ1v) is 9.00. The molecule has 5 heteroatoms. The molecule has 0 aliphatic carbocycles. The van der Waals surface area contributed by atoms with E-state index >= 15 is 0 Å². The molecule has 2 rings (SSSR count). The highest BCUT2D eigenvalue weighted by atomic mass is 79.9. The number of piperidine rings is 1. The summed E-state index contributed by atoms with van der Waals surface area (Å²) in [6.07, 6.45) is 3.75. The van der Waals surface area contributed by atoms with Gasteiger partial charge in [-0.3, -0.25) is 0 Å². The highest BCUT2D eigenvalue weighted by Crippen LogP contribution is 2.28. The van der Waals surface area contributed by atoms with Crippen molar-refractivity contribution in [1.82, 2.24) is 4.31 Å². The molecule has 1 aliphatic heterocycles. The maximum atomic E-state index is 12.8. The minimum atomic E-state index is -3.36. The van der Waals surface area contributed by atoms with Crippen LogP contribution in [0.1, 0.15) is 38.7 Å². The fraction of sp³-hybridized carbons (Fsp3) is 0.571. The normalized spacial score (nSPS) is 21.5. The molecular formula is C14H20BrNO2S. The third-order valence-corrected chi connectivity index (χ3v) is 6.34. The quantitative estimate of drug-likeness (QED) is 0.839. The van der Waals surface area contributed by atoms with E-state index < -0.39 is 10.0 Å². The van der Waals surface area contributed by atoms with Crippen molar-refractivity contribution >= 4 is 26.0 Å². The smallest absolute Gasteiger partial charge is 0.207 e. The van der Waals surface area contributed by atoms with Crippen molar-refractivity contribution in [3.63, 3.8) is 0 Å². The second kappa shape index (κ2) is 5.94. The van der Waals surface area contributed by atoms with Crippen LogP contribution in [0.3, 0.4) is 0 Å². The molecule has 1 heterocycles. The highest BCUT2D eigenvalue weighted by Gasteiger charge is 2.32. The Hall–Kier alpha value is -0.390. The van der Waals surface area contributed by atoms with Gasteiger partial charge in [-0.25, -0.2) is 8.42 Å². The van der Waals surface area contributed by atoms with Gasteiger partial charge in [0.1, 0.15) is 0 Å². The number of hydrogen-bond acceptors (Lipinski definition) is 2. The van der Waals surface area contributed by atoms with Crippen molar-refractivity contribution in [2.24, 2.45) is 0 Å². The maximum absolute atomic E-state index is 12.8. The number of hydrogen-bond donors (Lipinski definition) is 0. The summed E-state index contributed by atoms with van der Waals surface area (Å²) in [6, 6.07) is 5.54. The van der Waals surface area contributed by atoms with Crippen molar-refractivity contribution in [3.8, 4) is 0 Å². The van der Waals surface area contributed by atoms with Gasteiger partial charge in [0, 0.05) is 17.1 Å². The topological polar surface area (TPSA) is 37.4 Å². The average Bonchev–Trinajstić information content (AvgIpc) is 2.38. The fourth-order valence-corrected chi connectivity index (χ4v) is 5.02. The van der Waals surface area contributed by atoms with Gasteiger partial charge >= 0.3 is 0 Å². The van der Waals surface area contributed by atoms with Gasteiger partial charge in [0.05, 0.1) is 4.90 Å². The van der Waals surface area contributed by atoms with Gasteiger partial charge in [-0.1, -0.05) is 29.3 Å². The lowest BCUT2D eigenvalue weighted by Crippen LogP contribution is -2.42. The van der Waals surface area contributed by atoms with Crippen molar-refractivity contribution in [3.05, 3.63) is 28.2 Å². The van der Waals surface area contributed by atoms with E-state index in [1.54, 1.807) is 16.4 Å². The summed E-state index contributed by atoms with van der Waals surface area (Å²) in [5.74, 6) is 0. The standard InChI is InChI=1S/C14H20BrNO2S/c1-3-12-10-13(15)7-8-14(12)19(17,18)16-9-5-4-6-11(16)2/h7-8,10-11H,3-6,9H2,1-2H3. The Morgan fingerprint density at radius 2 is 2.11 bits per heavy atom.